The molecule has 0 saturated heterocycles. The van der Waals surface area contributed by atoms with Gasteiger partial charge in [0, 0.05) is 12.7 Å². The molecule has 0 spiro atoms. The van der Waals surface area contributed by atoms with Crippen LogP contribution >= 0.6 is 0 Å². The molecule has 0 aliphatic rings. The number of aliphatic hydroxyl groups excluding tert-OH is 1. The number of aliphatic hydroxyl groups is 1. The molecule has 0 fully saturated rings. The Morgan fingerprint density at radius 2 is 2.00 bits per heavy atom. The Bertz CT molecular complexity index is 674. The minimum absolute atomic E-state index is 0.00296. The van der Waals surface area contributed by atoms with Gasteiger partial charge in [-0.25, -0.2) is 9.37 Å². The third kappa shape index (κ3) is 5.03. The van der Waals surface area contributed by atoms with Crippen LogP contribution in [0.3, 0.4) is 0 Å². The molecular formula is C18H21FN2O3. The highest BCUT2D eigenvalue weighted by Crippen LogP contribution is 2.16. The highest BCUT2D eigenvalue weighted by atomic mass is 19.1. The Morgan fingerprint density at radius 3 is 2.67 bits per heavy atom. The van der Waals surface area contributed by atoms with Crippen LogP contribution in [0.4, 0.5) is 4.39 Å². The summed E-state index contributed by atoms with van der Waals surface area (Å²) in [5, 5.41) is 12.7. The minimum atomic E-state index is -0.925. The van der Waals surface area contributed by atoms with Gasteiger partial charge in [0.2, 0.25) is 5.88 Å². The molecule has 5 nitrogen and oxygen atoms in total. The van der Waals surface area contributed by atoms with E-state index >= 15 is 0 Å². The van der Waals surface area contributed by atoms with Crippen LogP contribution < -0.4 is 10.1 Å². The first-order valence-electron chi connectivity index (χ1n) is 7.77. The van der Waals surface area contributed by atoms with Crippen LogP contribution in [0.1, 0.15) is 35.9 Å². The number of halogens is 1. The van der Waals surface area contributed by atoms with Crippen LogP contribution in [0.2, 0.25) is 0 Å². The average Bonchev–Trinajstić information content (AvgIpc) is 2.58. The molecule has 2 aromatic rings. The van der Waals surface area contributed by atoms with Gasteiger partial charge < -0.3 is 15.2 Å². The lowest BCUT2D eigenvalue weighted by atomic mass is 10.1. The average molecular weight is 332 g/mol. The molecule has 0 radical (unpaired) electrons. The lowest BCUT2D eigenvalue weighted by Crippen LogP contribution is -2.29. The molecule has 1 unspecified atom stereocenters. The van der Waals surface area contributed by atoms with Gasteiger partial charge in [-0.2, -0.15) is 0 Å². The monoisotopic (exact) mass is 332 g/mol. The molecule has 2 N–H and O–H groups in total. The van der Waals surface area contributed by atoms with Gasteiger partial charge in [-0.05, 0) is 35.7 Å². The first-order chi connectivity index (χ1) is 11.5. The van der Waals surface area contributed by atoms with Crippen molar-refractivity contribution in [3.05, 3.63) is 59.5 Å². The second kappa shape index (κ2) is 8.40. The number of nitrogens with one attached hydrogen (secondary N) is 1. The molecule has 2 rings (SSSR count). The number of carbonyl (C=O) groups excluding carboxylic acids is 1. The molecule has 1 amide bonds. The van der Waals surface area contributed by atoms with Gasteiger partial charge >= 0.3 is 0 Å². The maximum Gasteiger partial charge on any atom is 0.256 e. The zero-order valence-corrected chi connectivity index (χ0v) is 13.7. The van der Waals surface area contributed by atoms with Crippen molar-refractivity contribution in [2.24, 2.45) is 5.92 Å². The fraction of sp³-hybridized carbons (Fsp3) is 0.333. The molecule has 24 heavy (non-hydrogen) atoms. The maximum atomic E-state index is 12.9. The normalized spacial score (nSPS) is 12.0. The van der Waals surface area contributed by atoms with Crippen molar-refractivity contribution in [2.45, 2.75) is 20.0 Å². The van der Waals surface area contributed by atoms with Gasteiger partial charge in [-0.1, -0.05) is 26.0 Å². The Hall–Kier alpha value is -2.47. The van der Waals surface area contributed by atoms with Crippen LogP contribution in [0.25, 0.3) is 0 Å². The van der Waals surface area contributed by atoms with E-state index in [4.69, 9.17) is 4.74 Å². The van der Waals surface area contributed by atoms with Crippen LogP contribution in [0.5, 0.6) is 5.88 Å². The standard InChI is InChI=1S/C18H21FN2O3/c1-12(2)11-24-18-15(4-3-9-20-18)17(23)21-10-16(22)13-5-7-14(19)8-6-13/h3-9,12,16,22H,10-11H2,1-2H3,(H,21,23). The summed E-state index contributed by atoms with van der Waals surface area (Å²) < 4.78 is 18.4. The Kier molecular flexibility index (Phi) is 6.26. The molecule has 0 saturated carbocycles. The van der Waals surface area contributed by atoms with Crippen molar-refractivity contribution in [1.82, 2.24) is 10.3 Å². The van der Waals surface area contributed by atoms with Crippen molar-refractivity contribution < 1.29 is 19.0 Å². The lowest BCUT2D eigenvalue weighted by molar-refractivity contribution is 0.0910. The number of benzene rings is 1. The number of hydrogen-bond acceptors (Lipinski definition) is 4. The fourth-order valence-corrected chi connectivity index (χ4v) is 2.01. The van der Waals surface area contributed by atoms with Crippen LogP contribution in [0, 0.1) is 11.7 Å². The molecule has 1 aromatic heterocycles. The molecular weight excluding hydrogens is 311 g/mol. The van der Waals surface area contributed by atoms with Gasteiger partial charge in [0.15, 0.2) is 0 Å². The summed E-state index contributed by atoms with van der Waals surface area (Å²) in [5.41, 5.74) is 0.837. The topological polar surface area (TPSA) is 71.5 Å². The number of nitrogens with zero attached hydrogens (tertiary/aromatic N) is 1. The third-order valence-electron chi connectivity index (χ3n) is 3.28. The predicted octanol–water partition coefficient (Wildman–Crippen LogP) is 2.72. The Balaban J connectivity index is 1.98. The molecule has 1 heterocycles. The van der Waals surface area contributed by atoms with E-state index in [1.165, 1.54) is 24.3 Å². The maximum absolute atomic E-state index is 12.9. The zero-order chi connectivity index (χ0) is 17.5. The van der Waals surface area contributed by atoms with Gasteiger partial charge in [0.1, 0.15) is 11.4 Å². The van der Waals surface area contributed by atoms with Crippen LogP contribution in [-0.2, 0) is 0 Å². The summed E-state index contributed by atoms with van der Waals surface area (Å²) in [4.78, 5) is 16.4. The van der Waals surface area contributed by atoms with Crippen molar-refractivity contribution in [2.75, 3.05) is 13.2 Å². The molecule has 0 aliphatic carbocycles. The quantitative estimate of drug-likeness (QED) is 0.818. The number of amides is 1. The second-order valence-corrected chi connectivity index (χ2v) is 5.84. The van der Waals surface area contributed by atoms with E-state index in [1.54, 1.807) is 18.3 Å². The van der Waals surface area contributed by atoms with E-state index < -0.39 is 6.10 Å². The summed E-state index contributed by atoms with van der Waals surface area (Å²) in [6, 6.07) is 8.75. The van der Waals surface area contributed by atoms with Gasteiger partial charge in [0.25, 0.3) is 5.91 Å². The summed E-state index contributed by atoms with van der Waals surface area (Å²) >= 11 is 0. The van der Waals surface area contributed by atoms with E-state index in [1.807, 2.05) is 13.8 Å². The van der Waals surface area contributed by atoms with Gasteiger partial charge in [-0.15, -0.1) is 0 Å². The summed E-state index contributed by atoms with van der Waals surface area (Å²) in [6.07, 6.45) is 0.631. The number of hydrogen-bond donors (Lipinski definition) is 2. The van der Waals surface area contributed by atoms with Gasteiger partial charge in [0.05, 0.1) is 12.7 Å². The van der Waals surface area contributed by atoms with Crippen molar-refractivity contribution >= 4 is 5.91 Å². The summed E-state index contributed by atoms with van der Waals surface area (Å²) in [6.45, 7) is 4.46. The first kappa shape index (κ1) is 17.9. The highest BCUT2D eigenvalue weighted by Gasteiger charge is 2.16. The predicted molar refractivity (Wildman–Crippen MR) is 88.3 cm³/mol. The van der Waals surface area contributed by atoms with Crippen LogP contribution in [0.15, 0.2) is 42.6 Å². The fourth-order valence-electron chi connectivity index (χ4n) is 2.01. The number of carbonyl (C=O) groups is 1. The zero-order valence-electron chi connectivity index (χ0n) is 13.7. The highest BCUT2D eigenvalue weighted by molar-refractivity contribution is 5.96. The Labute approximate surface area is 140 Å². The smallest absolute Gasteiger partial charge is 0.256 e. The van der Waals surface area contributed by atoms with E-state index in [0.29, 0.717) is 23.7 Å². The SMILES string of the molecule is CC(C)COc1ncccc1C(=O)NCC(O)c1ccc(F)cc1. The largest absolute Gasteiger partial charge is 0.477 e. The number of rotatable bonds is 7. The van der Waals surface area contributed by atoms with E-state index in [-0.39, 0.29) is 24.1 Å². The van der Waals surface area contributed by atoms with Crippen molar-refractivity contribution in [3.63, 3.8) is 0 Å². The van der Waals surface area contributed by atoms with Crippen LogP contribution in [-0.4, -0.2) is 29.1 Å². The molecule has 1 aromatic carbocycles. The number of pyridine rings is 1. The molecule has 1 atom stereocenters. The minimum Gasteiger partial charge on any atom is -0.477 e. The van der Waals surface area contributed by atoms with Crippen molar-refractivity contribution in [1.29, 1.82) is 0 Å². The third-order valence-corrected chi connectivity index (χ3v) is 3.28. The van der Waals surface area contributed by atoms with E-state index in [2.05, 4.69) is 10.3 Å². The molecule has 0 aliphatic heterocycles. The van der Waals surface area contributed by atoms with E-state index in [0.717, 1.165) is 0 Å². The molecule has 128 valence electrons. The first-order valence-corrected chi connectivity index (χ1v) is 7.77. The lowest BCUT2D eigenvalue weighted by Gasteiger charge is -2.14. The summed E-state index contributed by atoms with van der Waals surface area (Å²) in [7, 11) is 0. The number of ether oxygens (including phenoxy) is 1. The van der Waals surface area contributed by atoms with Crippen molar-refractivity contribution in [3.8, 4) is 5.88 Å². The summed E-state index contributed by atoms with van der Waals surface area (Å²) in [5.74, 6) is -0.191. The second-order valence-electron chi connectivity index (χ2n) is 5.84. The van der Waals surface area contributed by atoms with E-state index in [9.17, 15) is 14.3 Å². The number of aromatic nitrogens is 1. The Morgan fingerprint density at radius 1 is 1.29 bits per heavy atom. The molecule has 6 heteroatoms. The van der Waals surface area contributed by atoms with Gasteiger partial charge in [-0.3, -0.25) is 4.79 Å². The molecule has 0 bridgehead atoms.